The van der Waals surface area contributed by atoms with Gasteiger partial charge in [-0.2, -0.15) is 4.98 Å². The number of hydrogen-bond acceptors (Lipinski definition) is 6. The molecule has 7 heteroatoms. The molecule has 0 unspecified atom stereocenters. The van der Waals surface area contributed by atoms with Gasteiger partial charge in [-0.15, -0.1) is 0 Å². The second kappa shape index (κ2) is 8.88. The monoisotopic (exact) mass is 373 g/mol. The molecule has 0 amide bonds. The van der Waals surface area contributed by atoms with Crippen LogP contribution in [0.5, 0.6) is 5.75 Å². The fourth-order valence-electron chi connectivity index (χ4n) is 3.46. The van der Waals surface area contributed by atoms with E-state index in [1.807, 2.05) is 6.92 Å². The number of aromatic carboxylic acids is 1. The van der Waals surface area contributed by atoms with Crippen molar-refractivity contribution in [3.63, 3.8) is 0 Å². The molecule has 146 valence electrons. The highest BCUT2D eigenvalue weighted by Gasteiger charge is 2.22. The van der Waals surface area contributed by atoms with Crippen molar-refractivity contribution in [1.29, 1.82) is 0 Å². The number of hydrogen-bond donors (Lipinski definition) is 1. The van der Waals surface area contributed by atoms with Gasteiger partial charge in [0.25, 0.3) is 0 Å². The Morgan fingerprint density at radius 3 is 2.78 bits per heavy atom. The Morgan fingerprint density at radius 1 is 1.37 bits per heavy atom. The molecule has 0 radical (unpaired) electrons. The minimum absolute atomic E-state index is 0.321. The average Bonchev–Trinajstić information content (AvgIpc) is 3.15. The van der Waals surface area contributed by atoms with Gasteiger partial charge < -0.3 is 19.3 Å². The molecule has 27 heavy (non-hydrogen) atoms. The molecular weight excluding hydrogens is 346 g/mol. The summed E-state index contributed by atoms with van der Waals surface area (Å²) in [7, 11) is 0. The first kappa shape index (κ1) is 19.2. The molecule has 2 aromatic rings. The molecule has 2 heterocycles. The van der Waals surface area contributed by atoms with Gasteiger partial charge in [-0.05, 0) is 62.3 Å². The van der Waals surface area contributed by atoms with Crippen LogP contribution < -0.4 is 9.64 Å². The molecule has 0 atom stereocenters. The van der Waals surface area contributed by atoms with Crippen molar-refractivity contribution in [2.45, 2.75) is 46.0 Å². The van der Waals surface area contributed by atoms with Crippen LogP contribution in [-0.4, -0.2) is 40.9 Å². The van der Waals surface area contributed by atoms with Gasteiger partial charge in [-0.1, -0.05) is 12.1 Å². The van der Waals surface area contributed by atoms with Crippen molar-refractivity contribution in [3.8, 4) is 5.75 Å². The zero-order valence-electron chi connectivity index (χ0n) is 16.0. The molecule has 1 fully saturated rings. The number of aromatic nitrogens is 2. The van der Waals surface area contributed by atoms with E-state index in [2.05, 4.69) is 15.0 Å². The van der Waals surface area contributed by atoms with E-state index in [1.165, 1.54) is 0 Å². The van der Waals surface area contributed by atoms with Crippen LogP contribution in [0.15, 0.2) is 22.7 Å². The van der Waals surface area contributed by atoms with Crippen LogP contribution in [0.1, 0.15) is 54.4 Å². The topological polar surface area (TPSA) is 88.7 Å². The Morgan fingerprint density at radius 2 is 2.15 bits per heavy atom. The van der Waals surface area contributed by atoms with Gasteiger partial charge in [0, 0.05) is 19.5 Å². The number of carboxylic acid groups (broad SMARTS) is 1. The summed E-state index contributed by atoms with van der Waals surface area (Å²) in [6.45, 7) is 6.36. The summed E-state index contributed by atoms with van der Waals surface area (Å²) in [5.41, 5.74) is 1.04. The van der Waals surface area contributed by atoms with E-state index in [0.29, 0.717) is 24.1 Å². The third kappa shape index (κ3) is 4.99. The summed E-state index contributed by atoms with van der Waals surface area (Å²) < 4.78 is 11.1. The first-order chi connectivity index (χ1) is 13.1. The Balaban J connectivity index is 1.37. The highest BCUT2D eigenvalue weighted by Crippen LogP contribution is 2.25. The van der Waals surface area contributed by atoms with E-state index in [9.17, 15) is 4.79 Å². The fourth-order valence-corrected chi connectivity index (χ4v) is 3.46. The maximum absolute atomic E-state index is 11.0. The number of piperidine rings is 1. The summed E-state index contributed by atoms with van der Waals surface area (Å²) >= 11 is 0. The first-order valence-corrected chi connectivity index (χ1v) is 9.61. The van der Waals surface area contributed by atoms with Crippen molar-refractivity contribution in [2.24, 2.45) is 5.92 Å². The zero-order chi connectivity index (χ0) is 19.2. The van der Waals surface area contributed by atoms with E-state index in [0.717, 1.165) is 62.3 Å². The highest BCUT2D eigenvalue weighted by molar-refractivity contribution is 5.89. The lowest BCUT2D eigenvalue weighted by Gasteiger charge is -2.30. The van der Waals surface area contributed by atoms with Crippen LogP contribution in [0.25, 0.3) is 0 Å². The number of anilines is 1. The molecule has 1 aromatic heterocycles. The predicted octanol–water partition coefficient (Wildman–Crippen LogP) is 3.71. The fraction of sp³-hybridized carbons (Fsp3) is 0.550. The molecule has 0 aliphatic carbocycles. The molecule has 1 saturated heterocycles. The summed E-state index contributed by atoms with van der Waals surface area (Å²) in [6.07, 6.45) is 5.15. The predicted molar refractivity (Wildman–Crippen MR) is 101 cm³/mol. The van der Waals surface area contributed by atoms with Crippen molar-refractivity contribution in [2.75, 3.05) is 24.6 Å². The smallest absolute Gasteiger partial charge is 0.335 e. The summed E-state index contributed by atoms with van der Waals surface area (Å²) in [6, 6.07) is 5.76. The van der Waals surface area contributed by atoms with E-state index < -0.39 is 5.97 Å². The third-order valence-corrected chi connectivity index (χ3v) is 5.11. The lowest BCUT2D eigenvalue weighted by Crippen LogP contribution is -2.34. The molecule has 0 saturated carbocycles. The first-order valence-electron chi connectivity index (χ1n) is 9.61. The van der Waals surface area contributed by atoms with Crippen molar-refractivity contribution in [3.05, 3.63) is 35.2 Å². The number of ether oxygens (including phenoxy) is 1. The average molecular weight is 373 g/mol. The maximum Gasteiger partial charge on any atom is 0.335 e. The van der Waals surface area contributed by atoms with Gasteiger partial charge in [0.2, 0.25) is 0 Å². The number of carbonyl (C=O) groups is 1. The quantitative estimate of drug-likeness (QED) is 0.706. The van der Waals surface area contributed by atoms with E-state index in [4.69, 9.17) is 14.4 Å². The lowest BCUT2D eigenvalue weighted by molar-refractivity contribution is 0.0696. The van der Waals surface area contributed by atoms with Crippen molar-refractivity contribution < 1.29 is 19.2 Å². The number of rotatable bonds is 8. The Labute approximate surface area is 159 Å². The van der Waals surface area contributed by atoms with E-state index in [-0.39, 0.29) is 0 Å². The van der Waals surface area contributed by atoms with Crippen LogP contribution in [0, 0.1) is 12.8 Å². The van der Waals surface area contributed by atoms with Crippen LogP contribution in [0.3, 0.4) is 0 Å². The van der Waals surface area contributed by atoms with Crippen molar-refractivity contribution in [1.82, 2.24) is 10.1 Å². The Kier molecular flexibility index (Phi) is 6.32. The van der Waals surface area contributed by atoms with Crippen molar-refractivity contribution >= 4 is 12.0 Å². The van der Waals surface area contributed by atoms with Crippen LogP contribution in [0.4, 0.5) is 6.01 Å². The largest absolute Gasteiger partial charge is 0.494 e. The number of aryl methyl sites for hydroxylation is 2. The lowest BCUT2D eigenvalue weighted by atomic mass is 9.92. The molecule has 0 bridgehead atoms. The van der Waals surface area contributed by atoms with Gasteiger partial charge >= 0.3 is 12.0 Å². The molecular formula is C20H27N3O4. The van der Waals surface area contributed by atoms with Gasteiger partial charge in [-0.25, -0.2) is 4.79 Å². The molecule has 0 spiro atoms. The number of carboxylic acids is 1. The molecule has 1 aliphatic rings. The van der Waals surface area contributed by atoms with E-state index in [1.54, 1.807) is 25.1 Å². The second-order valence-corrected chi connectivity index (χ2v) is 7.05. The molecule has 1 aromatic carbocycles. The van der Waals surface area contributed by atoms with Gasteiger partial charge in [0.1, 0.15) is 5.75 Å². The minimum Gasteiger partial charge on any atom is -0.494 e. The van der Waals surface area contributed by atoms with Crippen LogP contribution in [0.2, 0.25) is 0 Å². The molecule has 7 nitrogen and oxygen atoms in total. The van der Waals surface area contributed by atoms with Gasteiger partial charge in [-0.3, -0.25) is 0 Å². The zero-order valence-corrected chi connectivity index (χ0v) is 16.0. The van der Waals surface area contributed by atoms with Gasteiger partial charge in [0.15, 0.2) is 5.82 Å². The number of benzene rings is 1. The molecule has 1 aliphatic heterocycles. The summed E-state index contributed by atoms with van der Waals surface area (Å²) in [5, 5.41) is 13.0. The summed E-state index contributed by atoms with van der Waals surface area (Å²) in [4.78, 5) is 17.6. The Bertz CT molecular complexity index is 766. The highest BCUT2D eigenvalue weighted by atomic mass is 16.5. The molecule has 3 rings (SSSR count). The second-order valence-electron chi connectivity index (χ2n) is 7.05. The van der Waals surface area contributed by atoms with E-state index >= 15 is 0 Å². The number of nitrogens with zero attached hydrogens (tertiary/aromatic N) is 3. The SMILES string of the molecule is CCc1noc(N2CCC(CCCOc3ccc(C(=O)O)c(C)c3)CC2)n1. The van der Waals surface area contributed by atoms with Crippen LogP contribution in [-0.2, 0) is 6.42 Å². The standard InChI is InChI=1S/C20H27N3O4/c1-3-18-21-20(27-22-18)23-10-8-15(9-11-23)5-4-12-26-16-6-7-17(19(24)25)14(2)13-16/h6-7,13,15H,3-5,8-12H2,1-2H3,(H,24,25). The minimum atomic E-state index is -0.906. The Hall–Kier alpha value is -2.57. The third-order valence-electron chi connectivity index (χ3n) is 5.11. The maximum atomic E-state index is 11.0. The van der Waals surface area contributed by atoms with Crippen LogP contribution >= 0.6 is 0 Å². The summed E-state index contributed by atoms with van der Waals surface area (Å²) in [5.74, 6) is 1.28. The normalized spacial score (nSPS) is 15.1. The molecule has 1 N–H and O–H groups in total. The van der Waals surface area contributed by atoms with Gasteiger partial charge in [0.05, 0.1) is 12.2 Å².